The highest BCUT2D eigenvalue weighted by molar-refractivity contribution is 5.75. The van der Waals surface area contributed by atoms with Gasteiger partial charge >= 0.3 is 5.97 Å². The molecule has 2 aliphatic rings. The zero-order valence-electron chi connectivity index (χ0n) is 17.1. The molecule has 0 saturated heterocycles. The molecule has 1 aromatic carbocycles. The molecule has 2 heteroatoms. The first-order chi connectivity index (χ1) is 12.4. The molecule has 0 spiro atoms. The SMILES string of the molecule is Cc1cc(OC(=O)C2CCC(CC3CCC(C)CC3)CC2)cc(C)c1C. The quantitative estimate of drug-likeness (QED) is 0.452. The van der Waals surface area contributed by atoms with Crippen molar-refractivity contribution in [3.63, 3.8) is 0 Å². The second-order valence-electron chi connectivity index (χ2n) is 9.18. The van der Waals surface area contributed by atoms with Crippen LogP contribution in [-0.2, 0) is 4.79 Å². The number of rotatable bonds is 4. The number of benzene rings is 1. The number of hydrogen-bond acceptors (Lipinski definition) is 2. The van der Waals surface area contributed by atoms with Crippen LogP contribution in [0.1, 0.15) is 81.4 Å². The minimum atomic E-state index is -0.0161. The van der Waals surface area contributed by atoms with Crippen LogP contribution in [0.25, 0.3) is 0 Å². The molecular weight excluding hydrogens is 320 g/mol. The third-order valence-electron chi connectivity index (χ3n) is 7.10. The van der Waals surface area contributed by atoms with Crippen LogP contribution in [0, 0.1) is 44.4 Å². The molecule has 0 atom stereocenters. The van der Waals surface area contributed by atoms with E-state index < -0.39 is 0 Å². The molecule has 0 aromatic heterocycles. The summed E-state index contributed by atoms with van der Waals surface area (Å²) >= 11 is 0. The van der Waals surface area contributed by atoms with Gasteiger partial charge in [-0.2, -0.15) is 0 Å². The molecule has 2 aliphatic carbocycles. The highest BCUT2D eigenvalue weighted by Crippen LogP contribution is 2.38. The summed E-state index contributed by atoms with van der Waals surface area (Å²) in [6, 6.07) is 3.99. The lowest BCUT2D eigenvalue weighted by Crippen LogP contribution is -2.27. The molecule has 1 aromatic rings. The van der Waals surface area contributed by atoms with Crippen molar-refractivity contribution in [3.8, 4) is 5.75 Å². The number of ether oxygens (including phenoxy) is 1. The molecule has 2 fully saturated rings. The highest BCUT2D eigenvalue weighted by atomic mass is 16.5. The van der Waals surface area contributed by atoms with Gasteiger partial charge in [0.15, 0.2) is 0 Å². The maximum absolute atomic E-state index is 12.6. The van der Waals surface area contributed by atoms with Crippen LogP contribution in [0.3, 0.4) is 0 Å². The Morgan fingerprint density at radius 3 is 1.92 bits per heavy atom. The molecule has 0 heterocycles. The van der Waals surface area contributed by atoms with Crippen LogP contribution in [-0.4, -0.2) is 5.97 Å². The molecule has 26 heavy (non-hydrogen) atoms. The zero-order chi connectivity index (χ0) is 18.7. The van der Waals surface area contributed by atoms with Gasteiger partial charge in [-0.15, -0.1) is 0 Å². The lowest BCUT2D eigenvalue weighted by molar-refractivity contribution is -0.140. The predicted molar refractivity (Wildman–Crippen MR) is 107 cm³/mol. The molecule has 0 aliphatic heterocycles. The molecular formula is C24H36O2. The summed E-state index contributed by atoms with van der Waals surface area (Å²) in [7, 11) is 0. The lowest BCUT2D eigenvalue weighted by atomic mass is 9.73. The van der Waals surface area contributed by atoms with Crippen LogP contribution in [0.15, 0.2) is 12.1 Å². The van der Waals surface area contributed by atoms with Crippen molar-refractivity contribution in [2.24, 2.45) is 23.7 Å². The Morgan fingerprint density at radius 1 is 0.885 bits per heavy atom. The van der Waals surface area contributed by atoms with Crippen molar-refractivity contribution in [3.05, 3.63) is 28.8 Å². The van der Waals surface area contributed by atoms with E-state index >= 15 is 0 Å². The average Bonchev–Trinajstić information content (AvgIpc) is 2.62. The summed E-state index contributed by atoms with van der Waals surface area (Å²) in [4.78, 5) is 12.6. The van der Waals surface area contributed by atoms with Gasteiger partial charge in [0.1, 0.15) is 5.75 Å². The van der Waals surface area contributed by atoms with Crippen molar-refractivity contribution in [1.82, 2.24) is 0 Å². The maximum atomic E-state index is 12.6. The number of carbonyl (C=O) groups excluding carboxylic acids is 1. The lowest BCUT2D eigenvalue weighted by Gasteiger charge is -2.32. The van der Waals surface area contributed by atoms with Crippen LogP contribution < -0.4 is 4.74 Å². The largest absolute Gasteiger partial charge is 0.426 e. The maximum Gasteiger partial charge on any atom is 0.314 e. The topological polar surface area (TPSA) is 26.3 Å². The van der Waals surface area contributed by atoms with Crippen LogP contribution >= 0.6 is 0 Å². The van der Waals surface area contributed by atoms with E-state index in [0.29, 0.717) is 5.75 Å². The van der Waals surface area contributed by atoms with E-state index in [1.807, 2.05) is 12.1 Å². The van der Waals surface area contributed by atoms with Gasteiger partial charge in [0.2, 0.25) is 0 Å². The monoisotopic (exact) mass is 356 g/mol. The fourth-order valence-electron chi connectivity index (χ4n) is 4.92. The summed E-state index contributed by atoms with van der Waals surface area (Å²) in [5.41, 5.74) is 3.67. The van der Waals surface area contributed by atoms with Gasteiger partial charge in [-0.05, 0) is 99.5 Å². The van der Waals surface area contributed by atoms with E-state index in [1.54, 1.807) is 0 Å². The highest BCUT2D eigenvalue weighted by Gasteiger charge is 2.30. The number of esters is 1. The van der Waals surface area contributed by atoms with E-state index in [2.05, 4.69) is 27.7 Å². The molecule has 144 valence electrons. The Hall–Kier alpha value is -1.31. The summed E-state index contributed by atoms with van der Waals surface area (Å²) < 4.78 is 5.73. The van der Waals surface area contributed by atoms with E-state index in [-0.39, 0.29) is 11.9 Å². The van der Waals surface area contributed by atoms with Gasteiger partial charge in [0.25, 0.3) is 0 Å². The van der Waals surface area contributed by atoms with E-state index in [9.17, 15) is 4.79 Å². The van der Waals surface area contributed by atoms with Crippen LogP contribution in [0.2, 0.25) is 0 Å². The van der Waals surface area contributed by atoms with E-state index in [4.69, 9.17) is 4.74 Å². The van der Waals surface area contributed by atoms with Crippen molar-refractivity contribution in [2.45, 2.75) is 85.5 Å². The van der Waals surface area contributed by atoms with Gasteiger partial charge < -0.3 is 4.74 Å². The van der Waals surface area contributed by atoms with Gasteiger partial charge in [0.05, 0.1) is 5.92 Å². The van der Waals surface area contributed by atoms with Crippen molar-refractivity contribution in [1.29, 1.82) is 0 Å². The molecule has 0 amide bonds. The second kappa shape index (κ2) is 8.59. The molecule has 0 bridgehead atoms. The third kappa shape index (κ3) is 4.90. The smallest absolute Gasteiger partial charge is 0.314 e. The second-order valence-corrected chi connectivity index (χ2v) is 9.18. The van der Waals surface area contributed by atoms with Gasteiger partial charge in [-0.1, -0.05) is 32.6 Å². The Bertz CT molecular complexity index is 594. The Kier molecular flexibility index (Phi) is 6.42. The van der Waals surface area contributed by atoms with Gasteiger partial charge in [-0.3, -0.25) is 4.79 Å². The van der Waals surface area contributed by atoms with Crippen LogP contribution in [0.5, 0.6) is 5.75 Å². The molecule has 0 unspecified atom stereocenters. The summed E-state index contributed by atoms with van der Waals surface area (Å²) in [5, 5.41) is 0. The Labute approximate surface area is 159 Å². The average molecular weight is 357 g/mol. The van der Waals surface area contributed by atoms with E-state index in [1.165, 1.54) is 61.6 Å². The molecule has 0 radical (unpaired) electrons. The van der Waals surface area contributed by atoms with E-state index in [0.717, 1.165) is 30.6 Å². The predicted octanol–water partition coefficient (Wildman–Crippen LogP) is 6.54. The van der Waals surface area contributed by atoms with Crippen LogP contribution in [0.4, 0.5) is 0 Å². The summed E-state index contributed by atoms with van der Waals surface area (Å²) in [6.45, 7) is 8.67. The van der Waals surface area contributed by atoms with Crippen molar-refractivity contribution >= 4 is 5.97 Å². The Balaban J connectivity index is 1.46. The van der Waals surface area contributed by atoms with Gasteiger partial charge in [0, 0.05) is 0 Å². The Morgan fingerprint density at radius 2 is 1.38 bits per heavy atom. The molecule has 3 rings (SSSR count). The first kappa shape index (κ1) is 19.5. The number of hydrogen-bond donors (Lipinski definition) is 0. The third-order valence-corrected chi connectivity index (χ3v) is 7.10. The fourth-order valence-corrected chi connectivity index (χ4v) is 4.92. The van der Waals surface area contributed by atoms with Crippen molar-refractivity contribution in [2.75, 3.05) is 0 Å². The number of aryl methyl sites for hydroxylation is 2. The molecule has 2 nitrogen and oxygen atoms in total. The summed E-state index contributed by atoms with van der Waals surface area (Å²) in [6.07, 6.45) is 11.5. The molecule has 2 saturated carbocycles. The zero-order valence-corrected chi connectivity index (χ0v) is 17.1. The first-order valence-electron chi connectivity index (χ1n) is 10.7. The first-order valence-corrected chi connectivity index (χ1v) is 10.7. The van der Waals surface area contributed by atoms with Gasteiger partial charge in [-0.25, -0.2) is 0 Å². The fraction of sp³-hybridized carbons (Fsp3) is 0.708. The van der Waals surface area contributed by atoms with Crippen molar-refractivity contribution < 1.29 is 9.53 Å². The number of carbonyl (C=O) groups is 1. The minimum Gasteiger partial charge on any atom is -0.426 e. The standard InChI is InChI=1S/C24H36O2/c1-16-5-7-20(8-6-16)15-21-9-11-22(12-10-21)24(25)26-23-13-17(2)19(4)18(3)14-23/h13-14,16,20-22H,5-12,15H2,1-4H3. The normalized spacial score (nSPS) is 29.4. The molecule has 0 N–H and O–H groups in total. The summed E-state index contributed by atoms with van der Waals surface area (Å²) in [5.74, 6) is 3.51. The minimum absolute atomic E-state index is 0.0161.